The van der Waals surface area contributed by atoms with E-state index < -0.39 is 11.4 Å². The van der Waals surface area contributed by atoms with Crippen LogP contribution >= 0.6 is 0 Å². The van der Waals surface area contributed by atoms with E-state index in [1.165, 1.54) is 17.7 Å². The first kappa shape index (κ1) is 13.5. The van der Waals surface area contributed by atoms with Crippen molar-refractivity contribution in [1.29, 1.82) is 0 Å². The first-order chi connectivity index (χ1) is 9.71. The van der Waals surface area contributed by atoms with Crippen molar-refractivity contribution < 1.29 is 9.90 Å². The molecular formula is C17H23NO2. The van der Waals surface area contributed by atoms with Crippen LogP contribution in [-0.4, -0.2) is 24.2 Å². The van der Waals surface area contributed by atoms with E-state index in [0.29, 0.717) is 6.54 Å². The van der Waals surface area contributed by atoms with Gasteiger partial charge in [-0.3, -0.25) is 4.79 Å². The number of carbonyl (C=O) groups is 1. The number of hydrogen-bond acceptors (Lipinski definition) is 2. The Balaban J connectivity index is 1.88. The van der Waals surface area contributed by atoms with Crippen molar-refractivity contribution in [2.75, 3.05) is 18.0 Å². The molecule has 0 amide bonds. The molecule has 0 spiro atoms. The lowest BCUT2D eigenvalue weighted by atomic mass is 9.85. The monoisotopic (exact) mass is 273 g/mol. The molecule has 0 atom stereocenters. The Labute approximate surface area is 120 Å². The van der Waals surface area contributed by atoms with Gasteiger partial charge in [0, 0.05) is 18.8 Å². The van der Waals surface area contributed by atoms with Crippen LogP contribution < -0.4 is 4.90 Å². The molecule has 20 heavy (non-hydrogen) atoms. The Morgan fingerprint density at radius 2 is 1.90 bits per heavy atom. The highest BCUT2D eigenvalue weighted by atomic mass is 16.4. The molecule has 0 saturated heterocycles. The van der Waals surface area contributed by atoms with Gasteiger partial charge in [-0.1, -0.05) is 31.0 Å². The van der Waals surface area contributed by atoms with Gasteiger partial charge in [0.15, 0.2) is 0 Å². The minimum Gasteiger partial charge on any atom is -0.481 e. The summed E-state index contributed by atoms with van der Waals surface area (Å²) in [6.07, 6.45) is 7.26. The summed E-state index contributed by atoms with van der Waals surface area (Å²) in [6.45, 7) is 1.67. The van der Waals surface area contributed by atoms with Crippen LogP contribution in [0.4, 0.5) is 5.69 Å². The molecule has 1 fully saturated rings. The average Bonchev–Trinajstić information content (AvgIpc) is 2.84. The lowest BCUT2D eigenvalue weighted by molar-refractivity contribution is -0.148. The Morgan fingerprint density at radius 3 is 2.65 bits per heavy atom. The molecule has 1 aliphatic carbocycles. The Bertz CT molecular complexity index is 492. The minimum atomic E-state index is -0.600. The number of benzene rings is 1. The highest BCUT2D eigenvalue weighted by Gasteiger charge is 2.43. The number of carboxylic acids is 1. The van der Waals surface area contributed by atoms with Crippen molar-refractivity contribution in [2.45, 2.75) is 44.9 Å². The number of aryl methyl sites for hydroxylation is 1. The van der Waals surface area contributed by atoms with Crippen molar-refractivity contribution in [1.82, 2.24) is 0 Å². The minimum absolute atomic E-state index is 0.516. The largest absolute Gasteiger partial charge is 0.481 e. The standard InChI is InChI=1S/C17H23NO2/c19-16(20)17(10-4-5-11-17)13-18-12-6-3-8-14-7-1-2-9-15(14)18/h1-2,7,9H,3-6,8,10-13H2,(H,19,20). The van der Waals surface area contributed by atoms with E-state index in [4.69, 9.17) is 0 Å². The highest BCUT2D eigenvalue weighted by Crippen LogP contribution is 2.41. The van der Waals surface area contributed by atoms with Crippen molar-refractivity contribution in [3.63, 3.8) is 0 Å². The zero-order chi connectivity index (χ0) is 14.0. The first-order valence-corrected chi connectivity index (χ1v) is 7.78. The number of hydrogen-bond donors (Lipinski definition) is 1. The molecule has 1 aromatic carbocycles. The molecule has 3 nitrogen and oxygen atoms in total. The van der Waals surface area contributed by atoms with Gasteiger partial charge in [0.2, 0.25) is 0 Å². The third-order valence-corrected chi connectivity index (χ3v) is 4.96. The maximum absolute atomic E-state index is 11.8. The molecule has 1 aromatic rings. The quantitative estimate of drug-likeness (QED) is 0.916. The van der Waals surface area contributed by atoms with Gasteiger partial charge in [0.1, 0.15) is 0 Å². The van der Waals surface area contributed by atoms with E-state index in [1.807, 2.05) is 0 Å². The number of carboxylic acid groups (broad SMARTS) is 1. The molecule has 108 valence electrons. The van der Waals surface area contributed by atoms with Crippen LogP contribution in [0.1, 0.15) is 44.1 Å². The zero-order valence-electron chi connectivity index (χ0n) is 12.0. The fraction of sp³-hybridized carbons (Fsp3) is 0.588. The molecule has 1 heterocycles. The maximum atomic E-state index is 11.8. The second kappa shape index (κ2) is 5.47. The van der Waals surface area contributed by atoms with Gasteiger partial charge in [-0.15, -0.1) is 0 Å². The van der Waals surface area contributed by atoms with Crippen LogP contribution in [0.3, 0.4) is 0 Å². The van der Waals surface area contributed by atoms with E-state index in [0.717, 1.165) is 45.1 Å². The number of para-hydroxylation sites is 1. The zero-order valence-corrected chi connectivity index (χ0v) is 12.0. The molecule has 1 N–H and O–H groups in total. The fourth-order valence-corrected chi connectivity index (χ4v) is 3.79. The molecule has 3 heteroatoms. The number of anilines is 1. The van der Waals surface area contributed by atoms with Gasteiger partial charge in [-0.05, 0) is 43.7 Å². The van der Waals surface area contributed by atoms with Crippen LogP contribution in [0.5, 0.6) is 0 Å². The number of fused-ring (bicyclic) bond motifs is 1. The molecule has 0 bridgehead atoms. The summed E-state index contributed by atoms with van der Waals surface area (Å²) in [5.41, 5.74) is 2.12. The SMILES string of the molecule is O=C(O)C1(CN2CCCCc3ccccc32)CCCC1. The summed E-state index contributed by atoms with van der Waals surface area (Å²) in [7, 11) is 0. The van der Waals surface area contributed by atoms with Gasteiger partial charge < -0.3 is 10.0 Å². The third kappa shape index (κ3) is 2.41. The fourth-order valence-electron chi connectivity index (χ4n) is 3.79. The third-order valence-electron chi connectivity index (χ3n) is 4.96. The number of nitrogens with zero attached hydrogens (tertiary/aromatic N) is 1. The van der Waals surface area contributed by atoms with Crippen molar-refractivity contribution >= 4 is 11.7 Å². The van der Waals surface area contributed by atoms with E-state index in [2.05, 4.69) is 29.2 Å². The molecule has 3 rings (SSSR count). The van der Waals surface area contributed by atoms with Crippen LogP contribution in [0, 0.1) is 5.41 Å². The highest BCUT2D eigenvalue weighted by molar-refractivity contribution is 5.76. The van der Waals surface area contributed by atoms with Crippen molar-refractivity contribution in [3.05, 3.63) is 29.8 Å². The molecule has 1 saturated carbocycles. The molecule has 0 radical (unpaired) electrons. The summed E-state index contributed by atoms with van der Waals surface area (Å²) in [6, 6.07) is 8.50. The maximum Gasteiger partial charge on any atom is 0.311 e. The Morgan fingerprint density at radius 1 is 1.15 bits per heavy atom. The second-order valence-electron chi connectivity index (χ2n) is 6.30. The molecule has 0 aromatic heterocycles. The van der Waals surface area contributed by atoms with Crippen LogP contribution in [-0.2, 0) is 11.2 Å². The lowest BCUT2D eigenvalue weighted by Crippen LogP contribution is -2.42. The van der Waals surface area contributed by atoms with Crippen LogP contribution in [0.25, 0.3) is 0 Å². The van der Waals surface area contributed by atoms with Gasteiger partial charge in [0.25, 0.3) is 0 Å². The van der Waals surface area contributed by atoms with Gasteiger partial charge >= 0.3 is 5.97 Å². The summed E-state index contributed by atoms with van der Waals surface area (Å²) < 4.78 is 0. The molecule has 2 aliphatic rings. The Hall–Kier alpha value is -1.51. The smallest absolute Gasteiger partial charge is 0.311 e. The van der Waals surface area contributed by atoms with Gasteiger partial charge in [0.05, 0.1) is 5.41 Å². The lowest BCUT2D eigenvalue weighted by Gasteiger charge is -2.34. The summed E-state index contributed by atoms with van der Waals surface area (Å²) in [5, 5.41) is 9.69. The van der Waals surface area contributed by atoms with Crippen molar-refractivity contribution in [2.24, 2.45) is 5.41 Å². The van der Waals surface area contributed by atoms with E-state index in [9.17, 15) is 9.90 Å². The van der Waals surface area contributed by atoms with E-state index in [-0.39, 0.29) is 0 Å². The van der Waals surface area contributed by atoms with Gasteiger partial charge in [-0.2, -0.15) is 0 Å². The average molecular weight is 273 g/mol. The molecule has 0 unspecified atom stereocenters. The predicted molar refractivity (Wildman–Crippen MR) is 80.1 cm³/mol. The molecular weight excluding hydrogens is 250 g/mol. The normalized spacial score (nSPS) is 21.3. The van der Waals surface area contributed by atoms with E-state index in [1.54, 1.807) is 0 Å². The van der Waals surface area contributed by atoms with Crippen LogP contribution in [0.2, 0.25) is 0 Å². The second-order valence-corrected chi connectivity index (χ2v) is 6.30. The summed E-state index contributed by atoms with van der Waals surface area (Å²) in [4.78, 5) is 14.1. The topological polar surface area (TPSA) is 40.5 Å². The van der Waals surface area contributed by atoms with Crippen molar-refractivity contribution in [3.8, 4) is 0 Å². The number of aliphatic carboxylic acids is 1. The number of rotatable bonds is 3. The predicted octanol–water partition coefficient (Wildman–Crippen LogP) is 3.47. The molecule has 1 aliphatic heterocycles. The van der Waals surface area contributed by atoms with Crippen LogP contribution in [0.15, 0.2) is 24.3 Å². The van der Waals surface area contributed by atoms with E-state index >= 15 is 0 Å². The first-order valence-electron chi connectivity index (χ1n) is 7.78. The van der Waals surface area contributed by atoms with Gasteiger partial charge in [-0.25, -0.2) is 0 Å². The summed E-state index contributed by atoms with van der Waals surface area (Å²) in [5.74, 6) is -0.600. The Kier molecular flexibility index (Phi) is 3.68. The summed E-state index contributed by atoms with van der Waals surface area (Å²) >= 11 is 0.